The predicted molar refractivity (Wildman–Crippen MR) is 307 cm³/mol. The normalized spacial score (nSPS) is 13.1. The van der Waals surface area contributed by atoms with Crippen molar-refractivity contribution in [3.05, 3.63) is 0 Å². The molecule has 0 atom stereocenters. The molecular weight excluding hydrogens is 809 g/mol. The summed E-state index contributed by atoms with van der Waals surface area (Å²) in [5, 5.41) is 10.8. The fourth-order valence-electron chi connectivity index (χ4n) is 11.6. The van der Waals surface area contributed by atoms with Gasteiger partial charge in [0.25, 0.3) is 0 Å². The maximum atomic E-state index is 10.8. The molecule has 0 amide bonds. The Kier molecular flexibility index (Phi) is 43.5. The largest absolute Gasteiger partial charge is 0.396 e. The van der Waals surface area contributed by atoms with E-state index >= 15 is 0 Å². The summed E-state index contributed by atoms with van der Waals surface area (Å²) < 4.78 is 0. The molecule has 0 aliphatic carbocycles. The monoisotopic (exact) mass is 943 g/mol. The van der Waals surface area contributed by atoms with Crippen molar-refractivity contribution in [3.8, 4) is 0 Å². The molecule has 0 fully saturated rings. The van der Waals surface area contributed by atoms with Gasteiger partial charge in [0, 0.05) is 6.61 Å². The number of hydrogen-bond donors (Lipinski definition) is 1. The first-order chi connectivity index (χ1) is 31.8. The van der Waals surface area contributed by atoms with Gasteiger partial charge >= 0.3 is 0 Å². The molecule has 0 saturated carbocycles. The minimum absolute atomic E-state index is 0.400. The number of aliphatic hydroxyl groups excluding tert-OH is 1. The second-order valence-electron chi connectivity index (χ2n) is 27.6. The summed E-state index contributed by atoms with van der Waals surface area (Å²) in [7, 11) is 0. The average Bonchev–Trinajstić information content (AvgIpc) is 3.24. The molecule has 0 bridgehead atoms. The Morgan fingerprint density at radius 3 is 0.403 bits per heavy atom. The fourth-order valence-corrected chi connectivity index (χ4v) is 11.6. The first kappa shape index (κ1) is 67.0. The van der Waals surface area contributed by atoms with E-state index < -0.39 is 0 Å². The van der Waals surface area contributed by atoms with Gasteiger partial charge in [-0.05, 0) is 102 Å². The predicted octanol–water partition coefficient (Wildman–Crippen LogP) is 22.8. The van der Waals surface area contributed by atoms with Crippen molar-refractivity contribution in [1.29, 1.82) is 0 Å². The standard InChI is InChI=1S/C66H134O/c1-52(2)35-43-62(44-36-53(3)4)29-17-23-60(24-18-30-63(45-37-54(5)6)46-38-55(7)8)27-21-33-66(51-67)34-22-28-61(25-19-31-64(47-39-56(9)10)48-40-57(11)12)26-20-32-65(49-41-58(13)14)50-42-59(15)16/h52-67H,17-51H2,1-16H3. The minimum atomic E-state index is 0.400. The lowest BCUT2D eigenvalue weighted by molar-refractivity contribution is 0.197. The van der Waals surface area contributed by atoms with E-state index in [0.29, 0.717) is 12.5 Å². The number of rotatable bonds is 49. The summed E-state index contributed by atoms with van der Waals surface area (Å²) >= 11 is 0. The van der Waals surface area contributed by atoms with Crippen molar-refractivity contribution >= 4 is 0 Å². The molecule has 0 saturated heterocycles. The number of aliphatic hydroxyl groups is 1. The first-order valence-corrected chi connectivity index (χ1v) is 31.4. The first-order valence-electron chi connectivity index (χ1n) is 31.4. The molecule has 67 heavy (non-hydrogen) atoms. The van der Waals surface area contributed by atoms with Crippen LogP contribution in [0.25, 0.3) is 0 Å². The van der Waals surface area contributed by atoms with Crippen LogP contribution in [0.3, 0.4) is 0 Å². The molecule has 404 valence electrons. The Morgan fingerprint density at radius 1 is 0.164 bits per heavy atom. The van der Waals surface area contributed by atoms with E-state index in [4.69, 9.17) is 0 Å². The van der Waals surface area contributed by atoms with Crippen LogP contribution >= 0.6 is 0 Å². The zero-order valence-electron chi connectivity index (χ0n) is 49.9. The van der Waals surface area contributed by atoms with Crippen molar-refractivity contribution in [2.75, 3.05) is 6.61 Å². The summed E-state index contributed by atoms with van der Waals surface area (Å²) in [4.78, 5) is 0. The van der Waals surface area contributed by atoms with Gasteiger partial charge in [-0.15, -0.1) is 0 Å². The van der Waals surface area contributed by atoms with Crippen LogP contribution in [0.1, 0.15) is 329 Å². The van der Waals surface area contributed by atoms with Gasteiger partial charge in [-0.25, -0.2) is 0 Å². The highest BCUT2D eigenvalue weighted by atomic mass is 16.3. The third-order valence-corrected chi connectivity index (χ3v) is 16.8. The van der Waals surface area contributed by atoms with E-state index in [1.807, 2.05) is 0 Å². The van der Waals surface area contributed by atoms with Crippen LogP contribution in [-0.2, 0) is 0 Å². The van der Waals surface area contributed by atoms with E-state index in [2.05, 4.69) is 111 Å². The minimum Gasteiger partial charge on any atom is -0.396 e. The Morgan fingerprint density at radius 2 is 0.284 bits per heavy atom. The third kappa shape index (κ3) is 44.4. The molecule has 1 nitrogen and oxygen atoms in total. The van der Waals surface area contributed by atoms with E-state index in [1.165, 1.54) is 218 Å². The lowest BCUT2D eigenvalue weighted by atomic mass is 9.82. The maximum Gasteiger partial charge on any atom is 0.0459 e. The smallest absolute Gasteiger partial charge is 0.0459 e. The van der Waals surface area contributed by atoms with Gasteiger partial charge in [0.2, 0.25) is 0 Å². The quantitative estimate of drug-likeness (QED) is 0.0644. The molecule has 0 aliphatic heterocycles. The molecule has 0 rings (SSSR count). The fraction of sp³-hybridized carbons (Fsp3) is 1.00. The summed E-state index contributed by atoms with van der Waals surface area (Å²) in [6.45, 7) is 39.1. The van der Waals surface area contributed by atoms with Gasteiger partial charge in [-0.2, -0.15) is 0 Å². The molecule has 1 heteroatoms. The Labute approximate surface area is 427 Å². The molecule has 0 aromatic rings. The Bertz CT molecular complexity index is 809. The average molecular weight is 944 g/mol. The highest BCUT2D eigenvalue weighted by Crippen LogP contribution is 2.34. The summed E-state index contributed by atoms with van der Waals surface area (Å²) in [5.74, 6) is 12.6. The van der Waals surface area contributed by atoms with Gasteiger partial charge in [0.1, 0.15) is 0 Å². The van der Waals surface area contributed by atoms with Crippen molar-refractivity contribution < 1.29 is 5.11 Å². The lowest BCUT2D eigenvalue weighted by Crippen LogP contribution is -2.11. The maximum absolute atomic E-state index is 10.8. The molecule has 0 spiro atoms. The van der Waals surface area contributed by atoms with Crippen LogP contribution < -0.4 is 0 Å². The summed E-state index contributed by atoms with van der Waals surface area (Å²) in [5.41, 5.74) is 0. The van der Waals surface area contributed by atoms with Crippen LogP contribution in [0.5, 0.6) is 0 Å². The molecule has 0 heterocycles. The van der Waals surface area contributed by atoms with Crippen molar-refractivity contribution in [1.82, 2.24) is 0 Å². The van der Waals surface area contributed by atoms with Crippen molar-refractivity contribution in [2.45, 2.75) is 329 Å². The SMILES string of the molecule is CC(C)CCC(CCCC(CCCC(CO)CCCC(CCCC(CCC(C)C)CCC(C)C)CCCC(CCC(C)C)CCC(C)C)CCCC(CCC(C)C)CCC(C)C)CCC(C)C. The lowest BCUT2D eigenvalue weighted by Gasteiger charge is -2.24. The summed E-state index contributed by atoms with van der Waals surface area (Å²) in [6.07, 6.45) is 48.0. The van der Waals surface area contributed by atoms with E-state index in [-0.39, 0.29) is 0 Å². The zero-order chi connectivity index (χ0) is 50.4. The third-order valence-electron chi connectivity index (χ3n) is 16.8. The van der Waals surface area contributed by atoms with Crippen LogP contribution in [0, 0.1) is 88.8 Å². The molecule has 0 aromatic heterocycles. The van der Waals surface area contributed by atoms with Gasteiger partial charge in [-0.3, -0.25) is 0 Å². The molecular formula is C66H134O. The zero-order valence-corrected chi connectivity index (χ0v) is 49.9. The van der Waals surface area contributed by atoms with E-state index in [0.717, 1.165) is 82.9 Å². The van der Waals surface area contributed by atoms with Crippen molar-refractivity contribution in [2.24, 2.45) is 88.8 Å². The van der Waals surface area contributed by atoms with Crippen LogP contribution in [0.2, 0.25) is 0 Å². The second-order valence-corrected chi connectivity index (χ2v) is 27.6. The molecule has 0 unspecified atom stereocenters. The topological polar surface area (TPSA) is 20.2 Å². The molecule has 0 radical (unpaired) electrons. The number of hydrogen-bond acceptors (Lipinski definition) is 1. The van der Waals surface area contributed by atoms with Crippen LogP contribution in [0.15, 0.2) is 0 Å². The van der Waals surface area contributed by atoms with E-state index in [9.17, 15) is 5.11 Å². The van der Waals surface area contributed by atoms with Crippen LogP contribution in [-0.4, -0.2) is 11.7 Å². The summed E-state index contributed by atoms with van der Waals surface area (Å²) in [6, 6.07) is 0. The van der Waals surface area contributed by atoms with Gasteiger partial charge in [0.15, 0.2) is 0 Å². The highest BCUT2D eigenvalue weighted by molar-refractivity contribution is 4.73. The molecule has 1 N–H and O–H groups in total. The van der Waals surface area contributed by atoms with Crippen LogP contribution in [0.4, 0.5) is 0 Å². The molecule has 0 aromatic carbocycles. The van der Waals surface area contributed by atoms with Gasteiger partial charge in [-0.1, -0.05) is 316 Å². The molecule has 0 aliphatic rings. The second kappa shape index (κ2) is 43.5. The Balaban J connectivity index is 5.74. The van der Waals surface area contributed by atoms with Gasteiger partial charge in [0.05, 0.1) is 0 Å². The Hall–Kier alpha value is -0.0400. The van der Waals surface area contributed by atoms with Gasteiger partial charge < -0.3 is 5.11 Å². The van der Waals surface area contributed by atoms with Crippen molar-refractivity contribution in [3.63, 3.8) is 0 Å². The highest BCUT2D eigenvalue weighted by Gasteiger charge is 2.20. The van der Waals surface area contributed by atoms with E-state index in [1.54, 1.807) is 0 Å².